The molecule has 1 rings (SSSR count). The first-order valence-corrected chi connectivity index (χ1v) is 4.88. The van der Waals surface area contributed by atoms with Gasteiger partial charge in [0.2, 0.25) is 5.91 Å². The van der Waals surface area contributed by atoms with Gasteiger partial charge in [-0.25, -0.2) is 4.98 Å². The molecule has 0 saturated heterocycles. The van der Waals surface area contributed by atoms with Gasteiger partial charge in [0.25, 0.3) is 0 Å². The van der Waals surface area contributed by atoms with Gasteiger partial charge in [0, 0.05) is 0 Å². The third kappa shape index (κ3) is 2.54. The molecule has 0 fully saturated rings. The van der Waals surface area contributed by atoms with Crippen LogP contribution in [-0.2, 0) is 4.79 Å². The highest BCUT2D eigenvalue weighted by Gasteiger charge is 2.09. The summed E-state index contributed by atoms with van der Waals surface area (Å²) in [6, 6.07) is -0.507. The van der Waals surface area contributed by atoms with E-state index in [0.29, 0.717) is 5.13 Å². The number of anilines is 1. The van der Waals surface area contributed by atoms with Crippen molar-refractivity contribution in [3.05, 3.63) is 9.98 Å². The fraction of sp³-hybridized carbons (Fsp3) is 0.333. The Hall–Kier alpha value is -0.460. The zero-order valence-corrected chi connectivity index (χ0v) is 8.78. The number of hydrogen-bond donors (Lipinski definition) is 2. The Labute approximate surface area is 82.3 Å². The molecule has 0 bridgehead atoms. The summed E-state index contributed by atoms with van der Waals surface area (Å²) in [7, 11) is 0. The van der Waals surface area contributed by atoms with Crippen molar-refractivity contribution in [3.8, 4) is 0 Å². The summed E-state index contributed by atoms with van der Waals surface area (Å²) in [6.45, 7) is 1.62. The highest BCUT2D eigenvalue weighted by Crippen LogP contribution is 2.22. The molecule has 1 heterocycles. The molecule has 1 aromatic rings. The smallest absolute Gasteiger partial charge is 0.242 e. The van der Waals surface area contributed by atoms with E-state index < -0.39 is 6.04 Å². The molecule has 0 aromatic carbocycles. The largest absolute Gasteiger partial charge is 0.320 e. The first-order chi connectivity index (χ1) is 5.59. The fourth-order valence-electron chi connectivity index (χ4n) is 0.531. The molecule has 1 unspecified atom stereocenters. The molecule has 6 heteroatoms. The van der Waals surface area contributed by atoms with Crippen LogP contribution in [0.25, 0.3) is 0 Å². The van der Waals surface area contributed by atoms with E-state index in [1.54, 1.807) is 13.1 Å². The quantitative estimate of drug-likeness (QED) is 0.828. The zero-order chi connectivity index (χ0) is 9.14. The van der Waals surface area contributed by atoms with Gasteiger partial charge in [-0.1, -0.05) is 11.3 Å². The highest BCUT2D eigenvalue weighted by atomic mass is 79.9. The van der Waals surface area contributed by atoms with E-state index in [1.807, 2.05) is 0 Å². The number of carbonyl (C=O) groups is 1. The van der Waals surface area contributed by atoms with E-state index >= 15 is 0 Å². The molecule has 0 aliphatic carbocycles. The number of nitrogens with one attached hydrogen (secondary N) is 1. The van der Waals surface area contributed by atoms with Crippen molar-refractivity contribution in [3.63, 3.8) is 0 Å². The van der Waals surface area contributed by atoms with Crippen LogP contribution >= 0.6 is 27.3 Å². The third-order valence-corrected chi connectivity index (χ3v) is 2.51. The van der Waals surface area contributed by atoms with Crippen molar-refractivity contribution in [2.24, 2.45) is 5.73 Å². The van der Waals surface area contributed by atoms with Crippen LogP contribution in [0.15, 0.2) is 9.98 Å². The summed E-state index contributed by atoms with van der Waals surface area (Å²) in [6.07, 6.45) is 1.63. The number of nitrogens with zero attached hydrogens (tertiary/aromatic N) is 1. The van der Waals surface area contributed by atoms with Gasteiger partial charge >= 0.3 is 0 Å². The minimum atomic E-state index is -0.507. The monoisotopic (exact) mass is 249 g/mol. The number of thiazole rings is 1. The second kappa shape index (κ2) is 3.97. The molecule has 1 aromatic heterocycles. The van der Waals surface area contributed by atoms with Crippen molar-refractivity contribution in [2.45, 2.75) is 13.0 Å². The SMILES string of the molecule is CC(N)C(=O)Nc1ncc(Br)s1. The van der Waals surface area contributed by atoms with E-state index in [4.69, 9.17) is 5.73 Å². The van der Waals surface area contributed by atoms with Crippen LogP contribution in [0.5, 0.6) is 0 Å². The first-order valence-electron chi connectivity index (χ1n) is 3.27. The topological polar surface area (TPSA) is 68.0 Å². The second-order valence-corrected chi connectivity index (χ2v) is 4.66. The van der Waals surface area contributed by atoms with Gasteiger partial charge in [-0.05, 0) is 22.9 Å². The lowest BCUT2D eigenvalue weighted by Crippen LogP contribution is -2.32. The predicted molar refractivity (Wildman–Crippen MR) is 52.1 cm³/mol. The summed E-state index contributed by atoms with van der Waals surface area (Å²) in [5, 5.41) is 3.14. The Kier molecular flexibility index (Phi) is 3.19. The summed E-state index contributed by atoms with van der Waals surface area (Å²) in [5.74, 6) is -0.225. The Morgan fingerprint density at radius 3 is 3.00 bits per heavy atom. The average Bonchev–Trinajstić information content (AvgIpc) is 2.35. The average molecular weight is 250 g/mol. The molecule has 0 aliphatic rings. The normalized spacial score (nSPS) is 12.6. The van der Waals surface area contributed by atoms with Gasteiger partial charge in [-0.2, -0.15) is 0 Å². The minimum absolute atomic E-state index is 0.225. The van der Waals surface area contributed by atoms with Crippen molar-refractivity contribution in [1.82, 2.24) is 4.98 Å². The molecule has 0 saturated carbocycles. The van der Waals surface area contributed by atoms with Gasteiger partial charge < -0.3 is 11.1 Å². The lowest BCUT2D eigenvalue weighted by molar-refractivity contribution is -0.117. The van der Waals surface area contributed by atoms with Crippen LogP contribution in [0.1, 0.15) is 6.92 Å². The standard InChI is InChI=1S/C6H8BrN3OS/c1-3(8)5(11)10-6-9-2-4(7)12-6/h2-3H,8H2,1H3,(H,9,10,11). The predicted octanol–water partition coefficient (Wildman–Crippen LogP) is 1.19. The summed E-state index contributed by atoms with van der Waals surface area (Å²) < 4.78 is 0.877. The molecule has 12 heavy (non-hydrogen) atoms. The van der Waals surface area contributed by atoms with E-state index in [9.17, 15) is 4.79 Å². The molecule has 0 aliphatic heterocycles. The van der Waals surface area contributed by atoms with Gasteiger partial charge in [-0.15, -0.1) is 0 Å². The number of amides is 1. The maximum Gasteiger partial charge on any atom is 0.242 e. The number of halogens is 1. The van der Waals surface area contributed by atoms with E-state index in [1.165, 1.54) is 11.3 Å². The summed E-state index contributed by atoms with van der Waals surface area (Å²) in [4.78, 5) is 15.0. The third-order valence-electron chi connectivity index (χ3n) is 1.12. The molecule has 3 N–H and O–H groups in total. The van der Waals surface area contributed by atoms with Crippen molar-refractivity contribution < 1.29 is 4.79 Å². The lowest BCUT2D eigenvalue weighted by Gasteiger charge is -2.02. The van der Waals surface area contributed by atoms with Crippen LogP contribution in [0.4, 0.5) is 5.13 Å². The van der Waals surface area contributed by atoms with Crippen LogP contribution in [0.3, 0.4) is 0 Å². The molecule has 4 nitrogen and oxygen atoms in total. The molecular formula is C6H8BrN3OS. The number of carbonyl (C=O) groups excluding carboxylic acids is 1. The van der Waals surface area contributed by atoms with Crippen LogP contribution in [-0.4, -0.2) is 16.9 Å². The molecular weight excluding hydrogens is 242 g/mol. The molecule has 66 valence electrons. The summed E-state index contributed by atoms with van der Waals surface area (Å²) in [5.41, 5.74) is 5.34. The second-order valence-electron chi connectivity index (χ2n) is 2.25. The zero-order valence-electron chi connectivity index (χ0n) is 6.37. The maximum atomic E-state index is 11.0. The van der Waals surface area contributed by atoms with Gasteiger partial charge in [-0.3, -0.25) is 4.79 Å². The Morgan fingerprint density at radius 1 is 1.92 bits per heavy atom. The van der Waals surface area contributed by atoms with Crippen LogP contribution < -0.4 is 11.1 Å². The highest BCUT2D eigenvalue weighted by molar-refractivity contribution is 9.11. The van der Waals surface area contributed by atoms with Crippen molar-refractivity contribution in [1.29, 1.82) is 0 Å². The Morgan fingerprint density at radius 2 is 2.58 bits per heavy atom. The van der Waals surface area contributed by atoms with Crippen molar-refractivity contribution in [2.75, 3.05) is 5.32 Å². The van der Waals surface area contributed by atoms with Crippen LogP contribution in [0.2, 0.25) is 0 Å². The number of hydrogen-bond acceptors (Lipinski definition) is 4. The molecule has 1 atom stereocenters. The van der Waals surface area contributed by atoms with E-state index in [0.717, 1.165) is 3.79 Å². The van der Waals surface area contributed by atoms with Crippen molar-refractivity contribution >= 4 is 38.3 Å². The lowest BCUT2D eigenvalue weighted by atomic mass is 10.3. The van der Waals surface area contributed by atoms with Gasteiger partial charge in [0.05, 0.1) is 16.0 Å². The number of aromatic nitrogens is 1. The first kappa shape index (κ1) is 9.63. The summed E-state index contributed by atoms with van der Waals surface area (Å²) >= 11 is 4.58. The minimum Gasteiger partial charge on any atom is -0.320 e. The number of nitrogens with two attached hydrogens (primary N) is 1. The fourth-order valence-corrected chi connectivity index (χ4v) is 1.64. The molecule has 0 spiro atoms. The van der Waals surface area contributed by atoms with Gasteiger partial charge in [0.15, 0.2) is 5.13 Å². The maximum absolute atomic E-state index is 11.0. The molecule has 0 radical (unpaired) electrons. The van der Waals surface area contributed by atoms with Gasteiger partial charge in [0.1, 0.15) is 0 Å². The van der Waals surface area contributed by atoms with E-state index in [2.05, 4.69) is 26.2 Å². The number of rotatable bonds is 2. The van der Waals surface area contributed by atoms with Crippen LogP contribution in [0, 0.1) is 0 Å². The Bertz CT molecular complexity index is 286. The molecule has 1 amide bonds. The van der Waals surface area contributed by atoms with E-state index in [-0.39, 0.29) is 5.91 Å². The Balaban J connectivity index is 2.58.